The second-order valence-corrected chi connectivity index (χ2v) is 5.47. The van der Waals surface area contributed by atoms with Crippen molar-refractivity contribution in [2.24, 2.45) is 0 Å². The van der Waals surface area contributed by atoms with Crippen LogP contribution in [0, 0.1) is 18.3 Å². The highest BCUT2D eigenvalue weighted by Crippen LogP contribution is 2.29. The number of carbonyl (C=O) groups is 1. The minimum Gasteiger partial charge on any atom is -0.497 e. The Bertz CT molecular complexity index is 959. The summed E-state index contributed by atoms with van der Waals surface area (Å²) in [7, 11) is 3.05. The molecule has 0 bridgehead atoms. The Morgan fingerprint density at radius 2 is 1.77 bits per heavy atom. The van der Waals surface area contributed by atoms with E-state index in [1.807, 2.05) is 0 Å². The summed E-state index contributed by atoms with van der Waals surface area (Å²) in [6, 6.07) is 10.7. The van der Waals surface area contributed by atoms with E-state index in [-0.39, 0.29) is 11.1 Å². The molecule has 7 nitrogen and oxygen atoms in total. The van der Waals surface area contributed by atoms with Crippen molar-refractivity contribution in [2.45, 2.75) is 6.92 Å². The SMILES string of the molecule is COc1cc(NC(=O)c2c(C)oc(-n3cccc3)c2C#N)cc(OC)c1. The van der Waals surface area contributed by atoms with E-state index in [0.717, 1.165) is 0 Å². The lowest BCUT2D eigenvalue weighted by Crippen LogP contribution is -2.14. The fourth-order valence-corrected chi connectivity index (χ4v) is 2.63. The van der Waals surface area contributed by atoms with Crippen molar-refractivity contribution in [3.8, 4) is 23.5 Å². The molecule has 0 fully saturated rings. The molecule has 0 aliphatic heterocycles. The molecular weight excluding hydrogens is 334 g/mol. The number of methoxy groups -OCH3 is 2. The number of rotatable bonds is 5. The highest BCUT2D eigenvalue weighted by Gasteiger charge is 2.24. The number of hydrogen-bond acceptors (Lipinski definition) is 5. The molecule has 0 spiro atoms. The third-order valence-electron chi connectivity index (χ3n) is 3.85. The first-order valence-electron chi connectivity index (χ1n) is 7.78. The molecule has 26 heavy (non-hydrogen) atoms. The Morgan fingerprint density at radius 3 is 2.31 bits per heavy atom. The summed E-state index contributed by atoms with van der Waals surface area (Å²) < 4.78 is 17.7. The maximum atomic E-state index is 12.8. The van der Waals surface area contributed by atoms with Crippen LogP contribution >= 0.6 is 0 Å². The Kier molecular flexibility index (Phi) is 4.67. The van der Waals surface area contributed by atoms with Gasteiger partial charge in [0.25, 0.3) is 5.91 Å². The van der Waals surface area contributed by atoms with Crippen molar-refractivity contribution in [3.63, 3.8) is 0 Å². The smallest absolute Gasteiger partial charge is 0.260 e. The van der Waals surface area contributed by atoms with Crippen LogP contribution in [0.5, 0.6) is 11.5 Å². The van der Waals surface area contributed by atoms with E-state index in [2.05, 4.69) is 11.4 Å². The molecular formula is C19H17N3O4. The topological polar surface area (TPSA) is 89.4 Å². The van der Waals surface area contributed by atoms with Gasteiger partial charge in [-0.05, 0) is 19.1 Å². The molecule has 1 amide bonds. The average Bonchev–Trinajstić information content (AvgIpc) is 3.28. The number of hydrogen-bond donors (Lipinski definition) is 1. The van der Waals surface area contributed by atoms with Crippen molar-refractivity contribution >= 4 is 11.6 Å². The van der Waals surface area contributed by atoms with E-state index >= 15 is 0 Å². The van der Waals surface area contributed by atoms with E-state index in [9.17, 15) is 10.1 Å². The normalized spacial score (nSPS) is 10.2. The van der Waals surface area contributed by atoms with Crippen LogP contribution in [0.25, 0.3) is 5.88 Å². The second-order valence-electron chi connectivity index (χ2n) is 5.47. The maximum absolute atomic E-state index is 12.8. The summed E-state index contributed by atoms with van der Waals surface area (Å²) in [6.07, 6.45) is 3.49. The van der Waals surface area contributed by atoms with Crippen molar-refractivity contribution in [1.82, 2.24) is 4.57 Å². The summed E-state index contributed by atoms with van der Waals surface area (Å²) >= 11 is 0. The van der Waals surface area contributed by atoms with Gasteiger partial charge in [0.05, 0.1) is 14.2 Å². The van der Waals surface area contributed by atoms with Crippen LogP contribution in [-0.2, 0) is 0 Å². The summed E-state index contributed by atoms with van der Waals surface area (Å²) in [6.45, 7) is 1.65. The van der Waals surface area contributed by atoms with Crippen LogP contribution in [0.4, 0.5) is 5.69 Å². The van der Waals surface area contributed by atoms with Gasteiger partial charge in [-0.15, -0.1) is 0 Å². The highest BCUT2D eigenvalue weighted by atomic mass is 16.5. The van der Waals surface area contributed by atoms with E-state index in [1.165, 1.54) is 14.2 Å². The highest BCUT2D eigenvalue weighted by molar-refractivity contribution is 6.07. The van der Waals surface area contributed by atoms with Gasteiger partial charge in [-0.3, -0.25) is 9.36 Å². The summed E-state index contributed by atoms with van der Waals surface area (Å²) in [4.78, 5) is 12.8. The van der Waals surface area contributed by atoms with Crippen molar-refractivity contribution in [3.05, 3.63) is 59.6 Å². The lowest BCUT2D eigenvalue weighted by atomic mass is 10.1. The average molecular weight is 351 g/mol. The third kappa shape index (κ3) is 3.13. The third-order valence-corrected chi connectivity index (χ3v) is 3.85. The Labute approximate surface area is 150 Å². The predicted octanol–water partition coefficient (Wildman–Crippen LogP) is 3.52. The number of nitriles is 1. The molecule has 1 N–H and O–H groups in total. The largest absolute Gasteiger partial charge is 0.497 e. The predicted molar refractivity (Wildman–Crippen MR) is 95.0 cm³/mol. The van der Waals surface area contributed by atoms with Gasteiger partial charge in [0, 0.05) is 36.3 Å². The zero-order valence-electron chi connectivity index (χ0n) is 14.6. The zero-order chi connectivity index (χ0) is 18.7. The van der Waals surface area contributed by atoms with Gasteiger partial charge in [0.15, 0.2) is 0 Å². The quantitative estimate of drug-likeness (QED) is 0.760. The number of aryl methyl sites for hydroxylation is 1. The first-order chi connectivity index (χ1) is 12.6. The standard InChI is InChI=1S/C19H17N3O4/c1-12-17(16(11-20)19(26-12)22-6-4-5-7-22)18(23)21-13-8-14(24-2)10-15(9-13)25-3/h4-10H,1-3H3,(H,21,23). The number of benzene rings is 1. The van der Waals surface area contributed by atoms with E-state index in [0.29, 0.717) is 28.8 Å². The molecule has 0 radical (unpaired) electrons. The molecule has 0 saturated heterocycles. The molecule has 0 atom stereocenters. The number of nitrogens with zero attached hydrogens (tertiary/aromatic N) is 2. The number of nitrogens with one attached hydrogen (secondary N) is 1. The van der Waals surface area contributed by atoms with E-state index in [4.69, 9.17) is 13.9 Å². The number of carbonyl (C=O) groups excluding carboxylic acids is 1. The van der Waals surface area contributed by atoms with Crippen LogP contribution < -0.4 is 14.8 Å². The van der Waals surface area contributed by atoms with Crippen molar-refractivity contribution in [1.29, 1.82) is 5.26 Å². The van der Waals surface area contributed by atoms with Gasteiger partial charge in [0.1, 0.15) is 34.5 Å². The number of amides is 1. The molecule has 0 unspecified atom stereocenters. The van der Waals surface area contributed by atoms with E-state index < -0.39 is 5.91 Å². The van der Waals surface area contributed by atoms with Gasteiger partial charge in [-0.2, -0.15) is 5.26 Å². The van der Waals surface area contributed by atoms with Crippen LogP contribution in [0.2, 0.25) is 0 Å². The first kappa shape index (κ1) is 17.2. The first-order valence-corrected chi connectivity index (χ1v) is 7.78. The fraction of sp³-hybridized carbons (Fsp3) is 0.158. The molecule has 3 rings (SSSR count). The summed E-state index contributed by atoms with van der Waals surface area (Å²) in [5, 5.41) is 12.3. The number of anilines is 1. The molecule has 2 heterocycles. The minimum atomic E-state index is -0.448. The number of aromatic nitrogens is 1. The van der Waals surface area contributed by atoms with E-state index in [1.54, 1.807) is 54.2 Å². The Morgan fingerprint density at radius 1 is 1.15 bits per heavy atom. The lowest BCUT2D eigenvalue weighted by Gasteiger charge is -2.09. The van der Waals surface area contributed by atoms with Crippen molar-refractivity contribution in [2.75, 3.05) is 19.5 Å². The fourth-order valence-electron chi connectivity index (χ4n) is 2.63. The number of furan rings is 1. The molecule has 7 heteroatoms. The van der Waals surface area contributed by atoms with Gasteiger partial charge >= 0.3 is 0 Å². The van der Waals surface area contributed by atoms with Gasteiger partial charge in [0.2, 0.25) is 5.88 Å². The van der Waals surface area contributed by atoms with Gasteiger partial charge in [-0.1, -0.05) is 0 Å². The minimum absolute atomic E-state index is 0.172. The summed E-state index contributed by atoms with van der Waals surface area (Å²) in [5.41, 5.74) is 0.849. The Hall–Kier alpha value is -3.66. The lowest BCUT2D eigenvalue weighted by molar-refractivity contribution is 0.102. The second kappa shape index (κ2) is 7.07. The maximum Gasteiger partial charge on any atom is 0.260 e. The molecule has 132 valence electrons. The summed E-state index contributed by atoms with van der Waals surface area (Å²) in [5.74, 6) is 1.30. The van der Waals surface area contributed by atoms with Gasteiger partial charge < -0.3 is 19.2 Å². The Balaban J connectivity index is 1.98. The molecule has 3 aromatic rings. The monoisotopic (exact) mass is 351 g/mol. The number of ether oxygens (including phenoxy) is 2. The molecule has 0 saturated carbocycles. The molecule has 0 aliphatic rings. The molecule has 1 aromatic carbocycles. The molecule has 2 aromatic heterocycles. The van der Waals surface area contributed by atoms with Gasteiger partial charge in [-0.25, -0.2) is 0 Å². The molecule has 0 aliphatic carbocycles. The van der Waals surface area contributed by atoms with Crippen LogP contribution in [0.3, 0.4) is 0 Å². The van der Waals surface area contributed by atoms with Crippen LogP contribution in [0.15, 0.2) is 47.1 Å². The van der Waals surface area contributed by atoms with Crippen molar-refractivity contribution < 1.29 is 18.7 Å². The zero-order valence-corrected chi connectivity index (χ0v) is 14.6. The van der Waals surface area contributed by atoms with Crippen LogP contribution in [0.1, 0.15) is 21.7 Å². The van der Waals surface area contributed by atoms with Crippen LogP contribution in [-0.4, -0.2) is 24.7 Å².